The molecule has 1 aromatic rings. The van der Waals surface area contributed by atoms with E-state index < -0.39 is 0 Å². The van der Waals surface area contributed by atoms with Crippen LogP contribution >= 0.6 is 0 Å². The number of Topliss-reactive ketones (excluding diaryl/α,β-unsaturated/α-hetero) is 1. The van der Waals surface area contributed by atoms with Gasteiger partial charge in [0.25, 0.3) is 0 Å². The van der Waals surface area contributed by atoms with Gasteiger partial charge < -0.3 is 10.4 Å². The van der Waals surface area contributed by atoms with Gasteiger partial charge in [-0.15, -0.1) is 0 Å². The van der Waals surface area contributed by atoms with Crippen molar-refractivity contribution in [3.8, 4) is 5.75 Å². The van der Waals surface area contributed by atoms with E-state index in [9.17, 15) is 14.7 Å². The average molecular weight is 313 g/mol. The molecule has 1 aromatic carbocycles. The molecule has 4 heteroatoms. The first-order valence-corrected chi connectivity index (χ1v) is 8.71. The van der Waals surface area contributed by atoms with Crippen LogP contribution in [-0.4, -0.2) is 17.3 Å². The third-order valence-corrected chi connectivity index (χ3v) is 6.39. The highest BCUT2D eigenvalue weighted by molar-refractivity contribution is 6.01. The Hall–Kier alpha value is -1.84. The first-order valence-electron chi connectivity index (χ1n) is 8.71. The number of phenolic OH excluding ortho intramolecular Hbond substituents is 1. The maximum atomic E-state index is 12.7. The largest absolute Gasteiger partial charge is 0.505 e. The number of amides is 1. The molecule has 0 spiro atoms. The Morgan fingerprint density at radius 1 is 1.13 bits per heavy atom. The number of rotatable bonds is 5. The molecule has 4 nitrogen and oxygen atoms in total. The van der Waals surface area contributed by atoms with Gasteiger partial charge in [0, 0.05) is 6.42 Å². The molecule has 0 atom stereocenters. The number of hydrogen-bond acceptors (Lipinski definition) is 3. The topological polar surface area (TPSA) is 66.4 Å². The Balaban J connectivity index is 1.52. The number of hydrogen-bond donors (Lipinski definition) is 2. The number of anilines is 1. The van der Waals surface area contributed by atoms with Gasteiger partial charge in [0.2, 0.25) is 6.41 Å². The Bertz CT molecular complexity index is 612. The van der Waals surface area contributed by atoms with Crippen LogP contribution in [-0.2, 0) is 4.79 Å². The number of benzene rings is 1. The lowest BCUT2D eigenvalue weighted by Gasteiger charge is -2.54. The van der Waals surface area contributed by atoms with Crippen LogP contribution in [0.2, 0.25) is 0 Å². The van der Waals surface area contributed by atoms with E-state index in [1.807, 2.05) is 0 Å². The molecule has 23 heavy (non-hydrogen) atoms. The monoisotopic (exact) mass is 313 g/mol. The minimum Gasteiger partial charge on any atom is -0.505 e. The van der Waals surface area contributed by atoms with Gasteiger partial charge in [-0.3, -0.25) is 9.59 Å². The smallest absolute Gasteiger partial charge is 0.211 e. The summed E-state index contributed by atoms with van der Waals surface area (Å²) in [7, 11) is 0. The van der Waals surface area contributed by atoms with Crippen LogP contribution in [0.4, 0.5) is 5.69 Å². The predicted octanol–water partition coefficient (Wildman–Crippen LogP) is 3.61. The van der Waals surface area contributed by atoms with E-state index in [-0.39, 0.29) is 11.5 Å². The summed E-state index contributed by atoms with van der Waals surface area (Å²) in [6.07, 6.45) is 7.64. The SMILES string of the molecule is O=CNc1cccc(C(=O)CC2C3CC4CC(C3)CC2C4)c1O. The minimum absolute atomic E-state index is 0.00882. The van der Waals surface area contributed by atoms with Gasteiger partial charge in [-0.2, -0.15) is 0 Å². The normalized spacial score (nSPS) is 34.3. The highest BCUT2D eigenvalue weighted by Gasteiger charge is 2.48. The van der Waals surface area contributed by atoms with Crippen LogP contribution in [0, 0.1) is 29.6 Å². The number of para-hydroxylation sites is 1. The Morgan fingerprint density at radius 2 is 1.78 bits per heavy atom. The molecule has 5 rings (SSSR count). The fraction of sp³-hybridized carbons (Fsp3) is 0.579. The van der Waals surface area contributed by atoms with E-state index in [4.69, 9.17) is 0 Å². The third kappa shape index (κ3) is 2.54. The molecule has 4 aliphatic carbocycles. The summed E-state index contributed by atoms with van der Waals surface area (Å²) in [6.45, 7) is 0. The molecule has 0 unspecified atom stereocenters. The molecule has 0 heterocycles. The van der Waals surface area contributed by atoms with Crippen molar-refractivity contribution in [2.45, 2.75) is 38.5 Å². The molecule has 0 saturated heterocycles. The molecular formula is C19H23NO3. The first kappa shape index (κ1) is 14.7. The lowest BCUT2D eigenvalue weighted by molar-refractivity contribution is -0.105. The molecular weight excluding hydrogens is 290 g/mol. The quantitative estimate of drug-likeness (QED) is 0.496. The number of nitrogens with one attached hydrogen (secondary N) is 1. The predicted molar refractivity (Wildman–Crippen MR) is 87.3 cm³/mol. The maximum absolute atomic E-state index is 12.7. The zero-order chi connectivity index (χ0) is 16.0. The van der Waals surface area contributed by atoms with Crippen LogP contribution in [0.25, 0.3) is 0 Å². The van der Waals surface area contributed by atoms with Crippen molar-refractivity contribution in [3.63, 3.8) is 0 Å². The molecule has 4 aliphatic rings. The van der Waals surface area contributed by atoms with E-state index in [0.717, 1.165) is 11.8 Å². The van der Waals surface area contributed by atoms with Gasteiger partial charge in [0.15, 0.2) is 5.78 Å². The van der Waals surface area contributed by atoms with Crippen LogP contribution in [0.5, 0.6) is 5.75 Å². The van der Waals surface area contributed by atoms with Crippen LogP contribution in [0.15, 0.2) is 18.2 Å². The third-order valence-electron chi connectivity index (χ3n) is 6.39. The number of aromatic hydroxyl groups is 1. The lowest BCUT2D eigenvalue weighted by atomic mass is 9.51. The standard InChI is InChI=1S/C19H23NO3/c21-10-20-17-3-1-2-15(19(17)23)18(22)9-16-13-5-11-4-12(7-13)8-14(16)6-11/h1-3,10-14,16,23H,4-9H2,(H,20,21). The second-order valence-corrected chi connectivity index (χ2v) is 7.69. The van der Waals surface area contributed by atoms with Crippen molar-refractivity contribution in [1.29, 1.82) is 0 Å². The molecule has 4 saturated carbocycles. The summed E-state index contributed by atoms with van der Waals surface area (Å²) in [5.41, 5.74) is 0.640. The van der Waals surface area contributed by atoms with Gasteiger partial charge in [-0.25, -0.2) is 0 Å². The average Bonchev–Trinajstić information content (AvgIpc) is 2.52. The zero-order valence-electron chi connectivity index (χ0n) is 13.2. The Kier molecular flexibility index (Phi) is 3.63. The summed E-state index contributed by atoms with van der Waals surface area (Å²) in [4.78, 5) is 23.3. The second-order valence-electron chi connectivity index (χ2n) is 7.69. The molecule has 1 amide bonds. The van der Waals surface area contributed by atoms with Crippen LogP contribution in [0.3, 0.4) is 0 Å². The van der Waals surface area contributed by atoms with E-state index >= 15 is 0 Å². The van der Waals surface area contributed by atoms with E-state index in [1.54, 1.807) is 18.2 Å². The van der Waals surface area contributed by atoms with E-state index in [2.05, 4.69) is 5.32 Å². The molecule has 0 aromatic heterocycles. The van der Waals surface area contributed by atoms with Gasteiger partial charge in [0.1, 0.15) is 5.75 Å². The molecule has 122 valence electrons. The summed E-state index contributed by atoms with van der Waals surface area (Å²) in [5, 5.41) is 12.7. The molecule has 0 radical (unpaired) electrons. The Labute approximate surface area is 136 Å². The fourth-order valence-corrected chi connectivity index (χ4v) is 5.64. The number of ketones is 1. The van der Waals surface area contributed by atoms with Crippen LogP contribution in [0.1, 0.15) is 48.9 Å². The maximum Gasteiger partial charge on any atom is 0.211 e. The summed E-state index contributed by atoms with van der Waals surface area (Å²) in [5.74, 6) is 3.59. The lowest BCUT2D eigenvalue weighted by Crippen LogP contribution is -2.45. The number of phenols is 1. The van der Waals surface area contributed by atoms with Gasteiger partial charge in [0.05, 0.1) is 11.3 Å². The summed E-state index contributed by atoms with van der Waals surface area (Å²) in [6, 6.07) is 4.96. The van der Waals surface area contributed by atoms with Crippen molar-refractivity contribution in [2.24, 2.45) is 29.6 Å². The van der Waals surface area contributed by atoms with Crippen molar-refractivity contribution in [3.05, 3.63) is 23.8 Å². The van der Waals surface area contributed by atoms with Gasteiger partial charge in [-0.1, -0.05) is 6.07 Å². The molecule has 4 bridgehead atoms. The van der Waals surface area contributed by atoms with Gasteiger partial charge in [-0.05, 0) is 73.8 Å². The fourth-order valence-electron chi connectivity index (χ4n) is 5.64. The van der Waals surface area contributed by atoms with E-state index in [0.29, 0.717) is 41.8 Å². The van der Waals surface area contributed by atoms with E-state index in [1.165, 1.54) is 32.1 Å². The highest BCUT2D eigenvalue weighted by atomic mass is 16.3. The number of carbonyl (C=O) groups excluding carboxylic acids is 2. The molecule has 2 N–H and O–H groups in total. The van der Waals surface area contributed by atoms with Crippen LogP contribution < -0.4 is 5.32 Å². The first-order chi connectivity index (χ1) is 11.2. The number of carbonyl (C=O) groups is 2. The highest BCUT2D eigenvalue weighted by Crippen LogP contribution is 2.57. The Morgan fingerprint density at radius 3 is 2.39 bits per heavy atom. The van der Waals surface area contributed by atoms with Crippen molar-refractivity contribution in [2.75, 3.05) is 5.32 Å². The summed E-state index contributed by atoms with van der Waals surface area (Å²) >= 11 is 0. The molecule has 4 fully saturated rings. The van der Waals surface area contributed by atoms with Crippen molar-refractivity contribution in [1.82, 2.24) is 0 Å². The summed E-state index contributed by atoms with van der Waals surface area (Å²) < 4.78 is 0. The van der Waals surface area contributed by atoms with Gasteiger partial charge >= 0.3 is 0 Å². The second kappa shape index (κ2) is 5.66. The minimum atomic E-state index is -0.103. The van der Waals surface area contributed by atoms with Crippen molar-refractivity contribution < 1.29 is 14.7 Å². The van der Waals surface area contributed by atoms with Crippen molar-refractivity contribution >= 4 is 17.9 Å². The molecule has 0 aliphatic heterocycles. The zero-order valence-corrected chi connectivity index (χ0v) is 13.2.